The molecule has 2 fully saturated rings. The van der Waals surface area contributed by atoms with Crippen LogP contribution >= 0.6 is 11.6 Å². The lowest BCUT2D eigenvalue weighted by Gasteiger charge is -2.35. The van der Waals surface area contributed by atoms with Gasteiger partial charge in [0.2, 0.25) is 0 Å². The molecule has 1 atom stereocenters. The zero-order chi connectivity index (χ0) is 15.7. The van der Waals surface area contributed by atoms with Crippen LogP contribution in [0.4, 0.5) is 8.78 Å². The molecular formula is C16H19ClF2N2O. The average Bonchev–Trinajstić information content (AvgIpc) is 3.05. The fraction of sp³-hybridized carbons (Fsp3) is 0.562. The molecule has 1 amide bonds. The fourth-order valence-corrected chi connectivity index (χ4v) is 3.63. The number of carbonyl (C=O) groups is 1. The molecule has 2 heterocycles. The van der Waals surface area contributed by atoms with Gasteiger partial charge in [-0.1, -0.05) is 11.6 Å². The highest BCUT2D eigenvalue weighted by molar-refractivity contribution is 6.30. The zero-order valence-corrected chi connectivity index (χ0v) is 13.0. The molecule has 1 unspecified atom stereocenters. The normalized spacial score (nSPS) is 23.0. The Labute approximate surface area is 133 Å². The summed E-state index contributed by atoms with van der Waals surface area (Å²) in [5, 5.41) is 3.19. The Morgan fingerprint density at radius 1 is 1.18 bits per heavy atom. The molecule has 0 aliphatic carbocycles. The van der Waals surface area contributed by atoms with Gasteiger partial charge in [0.1, 0.15) is 11.6 Å². The highest BCUT2D eigenvalue weighted by Crippen LogP contribution is 2.27. The maximum absolute atomic E-state index is 13.8. The summed E-state index contributed by atoms with van der Waals surface area (Å²) in [7, 11) is 0. The Morgan fingerprint density at radius 2 is 1.91 bits per heavy atom. The van der Waals surface area contributed by atoms with Gasteiger partial charge in [-0.3, -0.25) is 4.79 Å². The predicted molar refractivity (Wildman–Crippen MR) is 81.0 cm³/mol. The predicted octanol–water partition coefficient (Wildman–Crippen LogP) is 3.22. The Bertz CT molecular complexity index is 568. The van der Waals surface area contributed by atoms with Crippen LogP contribution in [0, 0.1) is 17.6 Å². The molecule has 2 aliphatic heterocycles. The van der Waals surface area contributed by atoms with Crippen LogP contribution in [0.15, 0.2) is 12.1 Å². The van der Waals surface area contributed by atoms with E-state index in [2.05, 4.69) is 5.32 Å². The van der Waals surface area contributed by atoms with Crippen LogP contribution in [0.1, 0.15) is 36.0 Å². The first-order valence-electron chi connectivity index (χ1n) is 7.73. The molecule has 0 bridgehead atoms. The number of halogens is 3. The SMILES string of the molecule is O=C(c1cc(F)c(Cl)cc1F)N1CCC(C2CCCN2)CC1. The molecule has 6 heteroatoms. The van der Waals surface area contributed by atoms with Crippen LogP contribution < -0.4 is 5.32 Å². The summed E-state index contributed by atoms with van der Waals surface area (Å²) in [5.74, 6) is -1.42. The first-order valence-corrected chi connectivity index (χ1v) is 8.11. The van der Waals surface area contributed by atoms with Gasteiger partial charge in [-0.25, -0.2) is 8.78 Å². The third kappa shape index (κ3) is 3.10. The second-order valence-corrected chi connectivity index (χ2v) is 6.49. The van der Waals surface area contributed by atoms with Crippen molar-refractivity contribution in [1.29, 1.82) is 0 Å². The Morgan fingerprint density at radius 3 is 2.55 bits per heavy atom. The van der Waals surface area contributed by atoms with E-state index in [0.29, 0.717) is 25.0 Å². The van der Waals surface area contributed by atoms with Crippen molar-refractivity contribution in [2.75, 3.05) is 19.6 Å². The molecule has 2 aliphatic rings. The van der Waals surface area contributed by atoms with E-state index in [1.807, 2.05) is 0 Å². The number of hydrogen-bond donors (Lipinski definition) is 1. The van der Waals surface area contributed by atoms with Gasteiger partial charge in [0.15, 0.2) is 0 Å². The van der Waals surface area contributed by atoms with Gasteiger partial charge in [-0.2, -0.15) is 0 Å². The highest BCUT2D eigenvalue weighted by atomic mass is 35.5. The van der Waals surface area contributed by atoms with Crippen molar-refractivity contribution in [3.63, 3.8) is 0 Å². The first-order chi connectivity index (χ1) is 10.6. The fourth-order valence-electron chi connectivity index (χ4n) is 3.48. The third-order valence-corrected chi connectivity index (χ3v) is 5.02. The largest absolute Gasteiger partial charge is 0.339 e. The van der Waals surface area contributed by atoms with Gasteiger partial charge >= 0.3 is 0 Å². The van der Waals surface area contributed by atoms with E-state index < -0.39 is 17.5 Å². The van der Waals surface area contributed by atoms with Crippen LogP contribution in [0.2, 0.25) is 5.02 Å². The van der Waals surface area contributed by atoms with E-state index >= 15 is 0 Å². The van der Waals surface area contributed by atoms with E-state index in [4.69, 9.17) is 11.6 Å². The molecular weight excluding hydrogens is 310 g/mol. The van der Waals surface area contributed by atoms with Gasteiger partial charge in [-0.15, -0.1) is 0 Å². The molecule has 120 valence electrons. The van der Waals surface area contributed by atoms with E-state index in [0.717, 1.165) is 31.5 Å². The number of piperidine rings is 1. The molecule has 1 N–H and O–H groups in total. The summed E-state index contributed by atoms with van der Waals surface area (Å²) in [6.07, 6.45) is 4.21. The average molecular weight is 329 g/mol. The summed E-state index contributed by atoms with van der Waals surface area (Å²) in [6.45, 7) is 2.25. The maximum atomic E-state index is 13.8. The minimum Gasteiger partial charge on any atom is -0.339 e. The smallest absolute Gasteiger partial charge is 0.256 e. The summed E-state index contributed by atoms with van der Waals surface area (Å²) >= 11 is 5.52. The molecule has 1 aromatic carbocycles. The minimum absolute atomic E-state index is 0.237. The lowest BCUT2D eigenvalue weighted by molar-refractivity contribution is 0.0669. The Kier molecular flexibility index (Phi) is 4.64. The third-order valence-electron chi connectivity index (χ3n) is 4.73. The van der Waals surface area contributed by atoms with Crippen molar-refractivity contribution < 1.29 is 13.6 Å². The number of likely N-dealkylation sites (tertiary alicyclic amines) is 1. The summed E-state index contributed by atoms with van der Waals surface area (Å²) < 4.78 is 27.3. The van der Waals surface area contributed by atoms with Crippen molar-refractivity contribution in [2.24, 2.45) is 5.92 Å². The zero-order valence-electron chi connectivity index (χ0n) is 12.2. The van der Waals surface area contributed by atoms with Crippen molar-refractivity contribution in [1.82, 2.24) is 10.2 Å². The standard InChI is InChI=1S/C16H19ClF2N2O/c17-12-9-13(18)11(8-14(12)19)16(22)21-6-3-10(4-7-21)15-2-1-5-20-15/h8-10,15,20H,1-7H2. The summed E-state index contributed by atoms with van der Waals surface area (Å²) in [4.78, 5) is 14.0. The number of rotatable bonds is 2. The lowest BCUT2D eigenvalue weighted by Crippen LogP contribution is -2.43. The summed E-state index contributed by atoms with van der Waals surface area (Å²) in [6, 6.07) is 2.30. The number of benzene rings is 1. The van der Waals surface area contributed by atoms with Crippen LogP contribution in [0.3, 0.4) is 0 Å². The molecule has 1 aromatic rings. The first kappa shape index (κ1) is 15.7. The van der Waals surface area contributed by atoms with Gasteiger partial charge in [0.05, 0.1) is 10.6 Å². The lowest BCUT2D eigenvalue weighted by atomic mass is 9.88. The van der Waals surface area contributed by atoms with Crippen LogP contribution in [0.5, 0.6) is 0 Å². The number of carbonyl (C=O) groups excluding carboxylic acids is 1. The monoisotopic (exact) mass is 328 g/mol. The number of hydrogen-bond acceptors (Lipinski definition) is 2. The highest BCUT2D eigenvalue weighted by Gasteiger charge is 2.31. The van der Waals surface area contributed by atoms with E-state index in [1.165, 1.54) is 12.8 Å². The van der Waals surface area contributed by atoms with Crippen molar-refractivity contribution in [3.05, 3.63) is 34.4 Å². The molecule has 0 radical (unpaired) electrons. The number of nitrogens with one attached hydrogen (secondary N) is 1. The van der Waals surface area contributed by atoms with E-state index in [9.17, 15) is 13.6 Å². The van der Waals surface area contributed by atoms with Gasteiger partial charge < -0.3 is 10.2 Å². The molecule has 0 saturated carbocycles. The molecule has 0 aromatic heterocycles. The second-order valence-electron chi connectivity index (χ2n) is 6.08. The van der Waals surface area contributed by atoms with Crippen molar-refractivity contribution in [3.8, 4) is 0 Å². The molecule has 22 heavy (non-hydrogen) atoms. The Hall–Kier alpha value is -1.20. The van der Waals surface area contributed by atoms with Gasteiger partial charge in [0, 0.05) is 19.1 Å². The topological polar surface area (TPSA) is 32.3 Å². The van der Waals surface area contributed by atoms with Crippen molar-refractivity contribution >= 4 is 17.5 Å². The maximum Gasteiger partial charge on any atom is 0.256 e. The van der Waals surface area contributed by atoms with Crippen LogP contribution in [-0.4, -0.2) is 36.5 Å². The number of amides is 1. The quantitative estimate of drug-likeness (QED) is 0.845. The summed E-state index contributed by atoms with van der Waals surface area (Å²) in [5.41, 5.74) is -0.237. The number of nitrogens with zero attached hydrogens (tertiary/aromatic N) is 1. The minimum atomic E-state index is -0.768. The van der Waals surface area contributed by atoms with Crippen molar-refractivity contribution in [2.45, 2.75) is 31.7 Å². The Balaban J connectivity index is 1.65. The molecule has 3 nitrogen and oxygen atoms in total. The molecule has 2 saturated heterocycles. The van der Waals surface area contributed by atoms with Crippen LogP contribution in [-0.2, 0) is 0 Å². The van der Waals surface area contributed by atoms with E-state index in [-0.39, 0.29) is 10.6 Å². The second kappa shape index (κ2) is 6.50. The van der Waals surface area contributed by atoms with Gasteiger partial charge in [0.25, 0.3) is 5.91 Å². The van der Waals surface area contributed by atoms with E-state index in [1.54, 1.807) is 4.90 Å². The van der Waals surface area contributed by atoms with Gasteiger partial charge in [-0.05, 0) is 50.3 Å². The molecule has 0 spiro atoms. The van der Waals surface area contributed by atoms with Crippen LogP contribution in [0.25, 0.3) is 0 Å². The molecule has 3 rings (SSSR count).